The van der Waals surface area contributed by atoms with Crippen molar-refractivity contribution in [1.29, 1.82) is 0 Å². The molecular formula is C15H12NO. The van der Waals surface area contributed by atoms with Crippen LogP contribution >= 0.6 is 0 Å². The van der Waals surface area contributed by atoms with E-state index < -0.39 is 0 Å². The van der Waals surface area contributed by atoms with E-state index in [4.69, 9.17) is 4.74 Å². The molecule has 0 aliphatic rings. The highest BCUT2D eigenvalue weighted by Gasteiger charge is 2.03. The van der Waals surface area contributed by atoms with Gasteiger partial charge >= 0.3 is 0 Å². The van der Waals surface area contributed by atoms with Crippen LogP contribution in [0.25, 0.3) is 10.8 Å². The molecule has 83 valence electrons. The molecule has 0 unspecified atom stereocenters. The van der Waals surface area contributed by atoms with Gasteiger partial charge in [0.25, 0.3) is 0 Å². The van der Waals surface area contributed by atoms with Gasteiger partial charge in [-0.25, -0.2) is 0 Å². The fraction of sp³-hybridized carbons (Fsp3) is 0.0667. The van der Waals surface area contributed by atoms with Gasteiger partial charge in [0.05, 0.1) is 5.69 Å². The number of fused-ring (bicyclic) bond motifs is 1. The van der Waals surface area contributed by atoms with Crippen molar-refractivity contribution in [2.45, 2.75) is 6.61 Å². The molecule has 0 aliphatic carbocycles. The minimum Gasteiger partial charge on any atom is -0.487 e. The average Bonchev–Trinajstić information content (AvgIpc) is 2.81. The Balaban J connectivity index is 1.82. The van der Waals surface area contributed by atoms with Gasteiger partial charge in [-0.2, -0.15) is 0 Å². The second kappa shape index (κ2) is 4.34. The van der Waals surface area contributed by atoms with Crippen LogP contribution in [-0.2, 0) is 6.61 Å². The topological polar surface area (TPSA) is 25.0 Å². The third-order valence-electron chi connectivity index (χ3n) is 2.74. The summed E-state index contributed by atoms with van der Waals surface area (Å²) >= 11 is 0. The van der Waals surface area contributed by atoms with E-state index in [-0.39, 0.29) is 0 Å². The summed E-state index contributed by atoms with van der Waals surface area (Å²) in [6.07, 6.45) is 2.00. The zero-order chi connectivity index (χ0) is 11.5. The molecule has 3 aromatic rings. The molecule has 0 saturated heterocycles. The number of H-pyrrole nitrogens is 1. The lowest BCUT2D eigenvalue weighted by Gasteiger charge is -2.04. The summed E-state index contributed by atoms with van der Waals surface area (Å²) < 4.78 is 5.67. The molecule has 1 N–H and O–H groups in total. The lowest BCUT2D eigenvalue weighted by molar-refractivity contribution is 0.303. The number of benzene rings is 2. The maximum atomic E-state index is 5.67. The SMILES string of the molecule is [c]1ccccc1OCc1[nH]cc2ccccc12. The average molecular weight is 222 g/mol. The fourth-order valence-electron chi connectivity index (χ4n) is 1.88. The summed E-state index contributed by atoms with van der Waals surface area (Å²) in [7, 11) is 0. The summed E-state index contributed by atoms with van der Waals surface area (Å²) in [6, 6.07) is 18.9. The largest absolute Gasteiger partial charge is 0.487 e. The number of rotatable bonds is 3. The van der Waals surface area contributed by atoms with Gasteiger partial charge in [-0.1, -0.05) is 42.5 Å². The van der Waals surface area contributed by atoms with Gasteiger partial charge in [0, 0.05) is 17.6 Å². The Morgan fingerprint density at radius 2 is 1.94 bits per heavy atom. The Bertz CT molecular complexity index is 613. The Kier molecular flexibility index (Phi) is 2.54. The summed E-state index contributed by atoms with van der Waals surface area (Å²) in [5.41, 5.74) is 1.10. The third-order valence-corrected chi connectivity index (χ3v) is 2.74. The van der Waals surface area contributed by atoms with Crippen molar-refractivity contribution in [3.63, 3.8) is 0 Å². The maximum absolute atomic E-state index is 5.67. The van der Waals surface area contributed by atoms with Crippen LogP contribution in [-0.4, -0.2) is 4.98 Å². The molecule has 0 aliphatic heterocycles. The molecule has 0 saturated carbocycles. The second-order valence-corrected chi connectivity index (χ2v) is 3.87. The third kappa shape index (κ3) is 2.02. The fourth-order valence-corrected chi connectivity index (χ4v) is 1.88. The van der Waals surface area contributed by atoms with Gasteiger partial charge in [0.2, 0.25) is 0 Å². The van der Waals surface area contributed by atoms with E-state index in [9.17, 15) is 0 Å². The molecule has 2 heteroatoms. The molecule has 0 spiro atoms. The zero-order valence-electron chi connectivity index (χ0n) is 9.31. The van der Waals surface area contributed by atoms with Crippen LogP contribution in [0, 0.1) is 6.07 Å². The molecule has 1 heterocycles. The van der Waals surface area contributed by atoms with Gasteiger partial charge in [-0.3, -0.25) is 0 Å². The van der Waals surface area contributed by atoms with E-state index in [1.165, 1.54) is 10.8 Å². The van der Waals surface area contributed by atoms with Crippen LogP contribution in [0.1, 0.15) is 5.69 Å². The van der Waals surface area contributed by atoms with E-state index in [2.05, 4.69) is 23.2 Å². The van der Waals surface area contributed by atoms with Gasteiger partial charge in [0.15, 0.2) is 0 Å². The Hall–Kier alpha value is -2.22. The first kappa shape index (κ1) is 9.97. The molecule has 0 bridgehead atoms. The molecule has 1 radical (unpaired) electrons. The summed E-state index contributed by atoms with van der Waals surface area (Å²) in [4.78, 5) is 3.25. The quantitative estimate of drug-likeness (QED) is 0.720. The van der Waals surface area contributed by atoms with E-state index >= 15 is 0 Å². The van der Waals surface area contributed by atoms with Crippen molar-refractivity contribution < 1.29 is 4.74 Å². The van der Waals surface area contributed by atoms with Crippen molar-refractivity contribution in [1.82, 2.24) is 4.98 Å². The number of ether oxygens (including phenoxy) is 1. The Morgan fingerprint density at radius 1 is 1.06 bits per heavy atom. The van der Waals surface area contributed by atoms with Crippen LogP contribution in [0.4, 0.5) is 0 Å². The van der Waals surface area contributed by atoms with Crippen LogP contribution in [0.5, 0.6) is 5.75 Å². The molecule has 3 rings (SSSR count). The number of aromatic amines is 1. The lowest BCUT2D eigenvalue weighted by Crippen LogP contribution is -1.95. The van der Waals surface area contributed by atoms with E-state index in [1.54, 1.807) is 0 Å². The number of aromatic nitrogens is 1. The van der Waals surface area contributed by atoms with Crippen molar-refractivity contribution in [3.8, 4) is 5.75 Å². The standard InChI is InChI=1S/C15H12NO/c1-2-7-13(8-3-1)17-11-15-14-9-5-4-6-12(14)10-16-15/h1-7,9-10,16H,11H2. The number of hydrogen-bond donors (Lipinski definition) is 1. The normalized spacial score (nSPS) is 10.6. The van der Waals surface area contributed by atoms with Gasteiger partial charge in [-0.05, 0) is 11.5 Å². The van der Waals surface area contributed by atoms with Gasteiger partial charge in [-0.15, -0.1) is 0 Å². The predicted octanol–water partition coefficient (Wildman–Crippen LogP) is 3.55. The highest BCUT2D eigenvalue weighted by atomic mass is 16.5. The summed E-state index contributed by atoms with van der Waals surface area (Å²) in [6.45, 7) is 0.536. The molecule has 0 fully saturated rings. The number of para-hydroxylation sites is 1. The van der Waals surface area contributed by atoms with Gasteiger partial charge in [0.1, 0.15) is 12.4 Å². The highest BCUT2D eigenvalue weighted by molar-refractivity contribution is 5.84. The predicted molar refractivity (Wildman–Crippen MR) is 67.9 cm³/mol. The molecular weight excluding hydrogens is 210 g/mol. The molecule has 17 heavy (non-hydrogen) atoms. The Labute approximate surface area is 99.9 Å². The molecule has 0 amide bonds. The van der Waals surface area contributed by atoms with E-state index in [0.29, 0.717) is 6.61 Å². The van der Waals surface area contributed by atoms with Crippen molar-refractivity contribution >= 4 is 10.8 Å². The molecule has 2 aromatic carbocycles. The highest BCUT2D eigenvalue weighted by Crippen LogP contribution is 2.19. The summed E-state index contributed by atoms with van der Waals surface area (Å²) in [5, 5.41) is 2.42. The van der Waals surface area contributed by atoms with E-state index in [0.717, 1.165) is 11.4 Å². The van der Waals surface area contributed by atoms with Crippen molar-refractivity contribution in [2.24, 2.45) is 0 Å². The number of hydrogen-bond acceptors (Lipinski definition) is 1. The maximum Gasteiger partial charge on any atom is 0.129 e. The molecule has 2 nitrogen and oxygen atoms in total. The first-order valence-electron chi connectivity index (χ1n) is 5.58. The minimum absolute atomic E-state index is 0.536. The first-order valence-corrected chi connectivity index (χ1v) is 5.58. The van der Waals surface area contributed by atoms with Crippen LogP contribution in [0.3, 0.4) is 0 Å². The molecule has 0 atom stereocenters. The first-order chi connectivity index (χ1) is 8.43. The van der Waals surface area contributed by atoms with Gasteiger partial charge < -0.3 is 9.72 Å². The zero-order valence-corrected chi connectivity index (χ0v) is 9.31. The smallest absolute Gasteiger partial charge is 0.129 e. The van der Waals surface area contributed by atoms with Crippen molar-refractivity contribution in [3.05, 3.63) is 66.5 Å². The van der Waals surface area contributed by atoms with Crippen LogP contribution in [0.2, 0.25) is 0 Å². The minimum atomic E-state index is 0.536. The Morgan fingerprint density at radius 3 is 2.82 bits per heavy atom. The van der Waals surface area contributed by atoms with Crippen molar-refractivity contribution in [2.75, 3.05) is 0 Å². The van der Waals surface area contributed by atoms with Crippen LogP contribution < -0.4 is 4.74 Å². The van der Waals surface area contributed by atoms with Crippen LogP contribution in [0.15, 0.2) is 54.7 Å². The summed E-state index contributed by atoms with van der Waals surface area (Å²) in [5.74, 6) is 0.770. The van der Waals surface area contributed by atoms with E-state index in [1.807, 2.05) is 42.6 Å². The number of nitrogens with one attached hydrogen (secondary N) is 1. The molecule has 1 aromatic heterocycles. The second-order valence-electron chi connectivity index (χ2n) is 3.87. The lowest BCUT2D eigenvalue weighted by atomic mass is 10.2. The monoisotopic (exact) mass is 222 g/mol.